The van der Waals surface area contributed by atoms with Gasteiger partial charge in [-0.2, -0.15) is 0 Å². The quantitative estimate of drug-likeness (QED) is 0.205. The average molecular weight is 519 g/mol. The molecule has 0 aromatic heterocycles. The third-order valence-corrected chi connectivity index (χ3v) is 14.8. The van der Waals surface area contributed by atoms with Gasteiger partial charge in [0.05, 0.1) is 8.07 Å². The molecule has 198 valence electrons. The van der Waals surface area contributed by atoms with E-state index in [2.05, 4.69) is 111 Å². The third kappa shape index (κ3) is 4.99. The highest BCUT2D eigenvalue weighted by Gasteiger charge is 2.46. The van der Waals surface area contributed by atoms with Gasteiger partial charge in [0.1, 0.15) is 0 Å². The van der Waals surface area contributed by atoms with E-state index in [9.17, 15) is 0 Å². The van der Waals surface area contributed by atoms with Crippen LogP contribution in [0.3, 0.4) is 0 Å². The van der Waals surface area contributed by atoms with E-state index in [4.69, 9.17) is 0 Å². The minimum absolute atomic E-state index is 0.580. The highest BCUT2D eigenvalue weighted by molar-refractivity contribution is 6.79. The maximum absolute atomic E-state index is 2.80. The fourth-order valence-electron chi connectivity index (χ4n) is 8.53. The zero-order valence-electron chi connectivity index (χ0n) is 23.6. The summed E-state index contributed by atoms with van der Waals surface area (Å²) >= 11 is 0. The number of allylic oxidation sites excluding steroid dienone is 8. The minimum atomic E-state index is -1.55. The van der Waals surface area contributed by atoms with E-state index in [0.29, 0.717) is 35.5 Å². The van der Waals surface area contributed by atoms with Gasteiger partial charge in [0, 0.05) is 11.8 Å². The molecule has 6 rings (SSSR count). The molecule has 6 atom stereocenters. The molecule has 4 aliphatic carbocycles. The lowest BCUT2D eigenvalue weighted by molar-refractivity contribution is 0.519. The summed E-state index contributed by atoms with van der Waals surface area (Å²) in [5.41, 5.74) is 6.52. The largest absolute Gasteiger partial charge is 0.0799 e. The fourth-order valence-corrected chi connectivity index (χ4v) is 13.3. The van der Waals surface area contributed by atoms with E-state index in [1.54, 1.807) is 22.3 Å². The summed E-state index contributed by atoms with van der Waals surface area (Å²) in [6, 6.07) is 23.2. The lowest BCUT2D eigenvalue weighted by atomic mass is 9.84. The maximum atomic E-state index is 2.80. The molecule has 0 spiro atoms. The SMILES string of the molecule is CCCCCCCC[Si](C)(CC1c2ccccc2C2C=CC=CC21)CC1c2ccccc2C2C=CC=CC21. The van der Waals surface area contributed by atoms with Gasteiger partial charge in [-0.3, -0.25) is 0 Å². The standard InChI is InChI=1S/C37H46Si/c1-3-4-5-6-7-16-25-38(2,26-36-32-21-12-8-17-28(32)29-18-9-13-22-33(29)36)27-37-34-23-14-10-19-30(34)31-20-11-15-24-35(31)37/h8-15,17-24,28,30,32,34,36-37H,3-7,16,25-27H2,1-2H3. The van der Waals surface area contributed by atoms with Crippen molar-refractivity contribution >= 4 is 8.07 Å². The van der Waals surface area contributed by atoms with Crippen molar-refractivity contribution in [1.82, 2.24) is 0 Å². The molecule has 0 saturated heterocycles. The Morgan fingerprint density at radius 1 is 0.553 bits per heavy atom. The van der Waals surface area contributed by atoms with Gasteiger partial charge in [-0.15, -0.1) is 0 Å². The molecule has 1 heteroatoms. The van der Waals surface area contributed by atoms with Crippen LogP contribution in [0.4, 0.5) is 0 Å². The van der Waals surface area contributed by atoms with Gasteiger partial charge in [-0.05, 0) is 58.0 Å². The van der Waals surface area contributed by atoms with Crippen LogP contribution < -0.4 is 0 Å². The summed E-state index contributed by atoms with van der Waals surface area (Å²) < 4.78 is 0. The van der Waals surface area contributed by atoms with E-state index in [1.165, 1.54) is 56.7 Å². The molecule has 2 aromatic rings. The number of fused-ring (bicyclic) bond motifs is 6. The van der Waals surface area contributed by atoms with Gasteiger partial charge in [0.25, 0.3) is 0 Å². The van der Waals surface area contributed by atoms with Crippen molar-refractivity contribution in [3.05, 3.63) is 119 Å². The molecule has 0 radical (unpaired) electrons. The number of hydrogen-bond acceptors (Lipinski definition) is 0. The molecule has 0 saturated carbocycles. The normalized spacial score (nSPS) is 29.5. The predicted molar refractivity (Wildman–Crippen MR) is 167 cm³/mol. The maximum Gasteiger partial charge on any atom is 0.0517 e. The van der Waals surface area contributed by atoms with E-state index < -0.39 is 8.07 Å². The number of rotatable bonds is 11. The molecule has 0 heterocycles. The average Bonchev–Trinajstić information content (AvgIpc) is 3.44. The Hall–Kier alpha value is -2.38. The second-order valence-corrected chi connectivity index (χ2v) is 17.9. The van der Waals surface area contributed by atoms with E-state index in [0.717, 1.165) is 0 Å². The summed E-state index contributed by atoms with van der Waals surface area (Å²) in [6.45, 7) is 5.13. The van der Waals surface area contributed by atoms with Crippen molar-refractivity contribution in [2.75, 3.05) is 0 Å². The third-order valence-electron chi connectivity index (χ3n) is 10.4. The topological polar surface area (TPSA) is 0 Å². The van der Waals surface area contributed by atoms with Gasteiger partial charge in [0.2, 0.25) is 0 Å². The fraction of sp³-hybridized carbons (Fsp3) is 0.459. The first-order chi connectivity index (χ1) is 18.7. The van der Waals surface area contributed by atoms with Crippen molar-refractivity contribution in [1.29, 1.82) is 0 Å². The monoisotopic (exact) mass is 518 g/mol. The van der Waals surface area contributed by atoms with Crippen LogP contribution in [0, 0.1) is 11.8 Å². The van der Waals surface area contributed by atoms with Crippen molar-refractivity contribution < 1.29 is 0 Å². The molecular weight excluding hydrogens is 472 g/mol. The summed E-state index contributed by atoms with van der Waals surface area (Å²) in [5.74, 6) is 3.82. The van der Waals surface area contributed by atoms with Gasteiger partial charge < -0.3 is 0 Å². The Kier molecular flexibility index (Phi) is 7.75. The van der Waals surface area contributed by atoms with Crippen LogP contribution in [0.15, 0.2) is 97.1 Å². The van der Waals surface area contributed by atoms with Crippen molar-refractivity contribution in [3.8, 4) is 0 Å². The van der Waals surface area contributed by atoms with Crippen molar-refractivity contribution in [3.63, 3.8) is 0 Å². The van der Waals surface area contributed by atoms with Crippen LogP contribution in [-0.4, -0.2) is 8.07 Å². The summed E-state index contributed by atoms with van der Waals surface area (Å²) in [6.07, 6.45) is 27.7. The molecule has 4 aliphatic rings. The van der Waals surface area contributed by atoms with E-state index in [-0.39, 0.29) is 0 Å². The number of unbranched alkanes of at least 4 members (excludes halogenated alkanes) is 5. The molecule has 0 aliphatic heterocycles. The Bertz CT molecular complexity index is 1140. The van der Waals surface area contributed by atoms with E-state index in [1.807, 2.05) is 0 Å². The predicted octanol–water partition coefficient (Wildman–Crippen LogP) is 10.7. The molecule has 0 bridgehead atoms. The first-order valence-electron chi connectivity index (χ1n) is 15.6. The molecule has 38 heavy (non-hydrogen) atoms. The number of hydrogen-bond donors (Lipinski definition) is 0. The summed E-state index contributed by atoms with van der Waals surface area (Å²) in [7, 11) is -1.55. The van der Waals surface area contributed by atoms with Crippen LogP contribution in [-0.2, 0) is 0 Å². The first-order valence-corrected chi connectivity index (χ1v) is 18.7. The summed E-state index contributed by atoms with van der Waals surface area (Å²) in [5, 5.41) is 0. The molecule has 2 aromatic carbocycles. The molecule has 0 nitrogen and oxygen atoms in total. The highest BCUT2D eigenvalue weighted by atomic mass is 28.3. The molecular formula is C37H46Si. The van der Waals surface area contributed by atoms with Gasteiger partial charge in [-0.25, -0.2) is 0 Å². The van der Waals surface area contributed by atoms with Crippen LogP contribution in [0.1, 0.15) is 91.4 Å². The van der Waals surface area contributed by atoms with Gasteiger partial charge in [0.15, 0.2) is 0 Å². The lowest BCUT2D eigenvalue weighted by Gasteiger charge is -2.37. The smallest absolute Gasteiger partial charge is 0.0517 e. The van der Waals surface area contributed by atoms with Gasteiger partial charge in [-0.1, -0.05) is 155 Å². The second-order valence-electron chi connectivity index (χ2n) is 13.0. The molecule has 0 fully saturated rings. The Labute approximate surface area is 232 Å². The Morgan fingerprint density at radius 2 is 1.00 bits per heavy atom. The van der Waals surface area contributed by atoms with Crippen molar-refractivity contribution in [2.45, 2.75) is 93.8 Å². The molecule has 0 amide bonds. The van der Waals surface area contributed by atoms with E-state index >= 15 is 0 Å². The Balaban J connectivity index is 1.28. The van der Waals surface area contributed by atoms with Gasteiger partial charge >= 0.3 is 0 Å². The van der Waals surface area contributed by atoms with Crippen LogP contribution >= 0.6 is 0 Å². The van der Waals surface area contributed by atoms with Crippen LogP contribution in [0.25, 0.3) is 0 Å². The minimum Gasteiger partial charge on any atom is -0.0799 e. The summed E-state index contributed by atoms with van der Waals surface area (Å²) in [4.78, 5) is 0. The molecule has 6 unspecified atom stereocenters. The first kappa shape index (κ1) is 25.9. The van der Waals surface area contributed by atoms with Crippen molar-refractivity contribution in [2.24, 2.45) is 11.8 Å². The lowest BCUT2D eigenvalue weighted by Crippen LogP contribution is -2.36. The molecule has 0 N–H and O–H groups in total. The van der Waals surface area contributed by atoms with Crippen LogP contribution in [0.5, 0.6) is 0 Å². The van der Waals surface area contributed by atoms with Crippen LogP contribution in [0.2, 0.25) is 24.7 Å². The number of benzene rings is 2. The zero-order valence-corrected chi connectivity index (χ0v) is 24.6. The Morgan fingerprint density at radius 3 is 1.53 bits per heavy atom. The second kappa shape index (κ2) is 11.4. The zero-order chi connectivity index (χ0) is 26.0. The highest BCUT2D eigenvalue weighted by Crippen LogP contribution is 2.56.